The van der Waals surface area contributed by atoms with Crippen molar-refractivity contribution in [1.29, 1.82) is 0 Å². The van der Waals surface area contributed by atoms with Gasteiger partial charge in [0, 0.05) is 48.5 Å². The molecule has 2 aromatic heterocycles. The van der Waals surface area contributed by atoms with E-state index < -0.39 is 0 Å². The summed E-state index contributed by atoms with van der Waals surface area (Å²) in [6.07, 6.45) is 11.6. The Hall–Kier alpha value is -3.25. The van der Waals surface area contributed by atoms with Crippen LogP contribution in [0.25, 0.3) is 17.2 Å². The largest absolute Gasteiger partial charge is 0.388 e. The van der Waals surface area contributed by atoms with Crippen LogP contribution >= 0.6 is 0 Å². The maximum absolute atomic E-state index is 12.3. The van der Waals surface area contributed by atoms with Gasteiger partial charge in [0.1, 0.15) is 0 Å². The van der Waals surface area contributed by atoms with E-state index in [1.807, 2.05) is 37.5 Å². The zero-order valence-electron chi connectivity index (χ0n) is 15.0. The Balaban J connectivity index is 1.50. The summed E-state index contributed by atoms with van der Waals surface area (Å²) in [5, 5.41) is 16.9. The molecule has 6 heteroatoms. The second-order valence-corrected chi connectivity index (χ2v) is 6.66. The molecule has 0 saturated carbocycles. The minimum absolute atomic E-state index is 0.213. The van der Waals surface area contributed by atoms with Gasteiger partial charge in [0.15, 0.2) is 0 Å². The van der Waals surface area contributed by atoms with Crippen LogP contribution in [0.5, 0.6) is 0 Å². The van der Waals surface area contributed by atoms with Crippen molar-refractivity contribution in [3.63, 3.8) is 0 Å². The highest BCUT2D eigenvalue weighted by atomic mass is 16.3. The molecule has 1 unspecified atom stereocenters. The fraction of sp³-hybridized carbons (Fsp3) is 0.190. The summed E-state index contributed by atoms with van der Waals surface area (Å²) in [5.74, 6) is -0.213. The molecule has 27 heavy (non-hydrogen) atoms. The molecule has 2 N–H and O–H groups in total. The molecule has 0 bridgehead atoms. The molecule has 0 saturated heterocycles. The topological polar surface area (TPSA) is 80.0 Å². The summed E-state index contributed by atoms with van der Waals surface area (Å²) in [5.41, 5.74) is 5.56. The number of aliphatic hydroxyl groups is 1. The molecule has 4 rings (SSSR count). The number of anilines is 1. The van der Waals surface area contributed by atoms with Gasteiger partial charge in [0.25, 0.3) is 0 Å². The number of nitrogens with one attached hydrogen (secondary N) is 1. The van der Waals surface area contributed by atoms with Gasteiger partial charge in [-0.1, -0.05) is 6.07 Å². The van der Waals surface area contributed by atoms with E-state index in [1.165, 1.54) is 6.08 Å². The molecule has 136 valence electrons. The highest BCUT2D eigenvalue weighted by Crippen LogP contribution is 2.32. The summed E-state index contributed by atoms with van der Waals surface area (Å²) in [6.45, 7) is 0. The summed E-state index contributed by atoms with van der Waals surface area (Å²) in [6, 6.07) is 7.54. The third-order valence-corrected chi connectivity index (χ3v) is 4.74. The minimum Gasteiger partial charge on any atom is -0.388 e. The predicted octanol–water partition coefficient (Wildman–Crippen LogP) is 3.11. The highest BCUT2D eigenvalue weighted by Gasteiger charge is 2.20. The molecule has 2 heterocycles. The maximum Gasteiger partial charge on any atom is 0.248 e. The Kier molecular flexibility index (Phi) is 4.56. The first-order valence-electron chi connectivity index (χ1n) is 8.83. The third kappa shape index (κ3) is 3.66. The number of nitrogens with zero attached hydrogens (tertiary/aromatic N) is 3. The van der Waals surface area contributed by atoms with E-state index in [1.54, 1.807) is 29.3 Å². The number of hydrogen-bond donors (Lipinski definition) is 2. The van der Waals surface area contributed by atoms with E-state index in [4.69, 9.17) is 0 Å². The van der Waals surface area contributed by atoms with Gasteiger partial charge >= 0.3 is 0 Å². The Morgan fingerprint density at radius 1 is 1.33 bits per heavy atom. The van der Waals surface area contributed by atoms with E-state index in [2.05, 4.69) is 15.4 Å². The molecule has 0 fully saturated rings. The first kappa shape index (κ1) is 17.2. The molecular weight excluding hydrogens is 340 g/mol. The molecule has 6 nitrogen and oxygen atoms in total. The van der Waals surface area contributed by atoms with E-state index >= 15 is 0 Å². The van der Waals surface area contributed by atoms with Crippen molar-refractivity contribution in [2.45, 2.75) is 18.9 Å². The lowest BCUT2D eigenvalue weighted by Gasteiger charge is -2.07. The van der Waals surface area contributed by atoms with Crippen LogP contribution < -0.4 is 5.32 Å². The second kappa shape index (κ2) is 7.17. The maximum atomic E-state index is 12.3. The van der Waals surface area contributed by atoms with Gasteiger partial charge < -0.3 is 10.4 Å². The fourth-order valence-electron chi connectivity index (χ4n) is 3.38. The standard InChI is InChI=1S/C21H20N4O2/c1-25-13-16(12-23-25)18-8-9-22-11-15(18)3-7-21(27)24-17-4-5-19-14(10-17)2-6-20(19)26/h3-5,7-13,20,26H,2,6H2,1H3,(H,24,27)/b7-3+. The lowest BCUT2D eigenvalue weighted by molar-refractivity contribution is -0.111. The van der Waals surface area contributed by atoms with Gasteiger partial charge in [-0.25, -0.2) is 0 Å². The molecule has 3 aromatic rings. The van der Waals surface area contributed by atoms with E-state index in [-0.39, 0.29) is 12.0 Å². The van der Waals surface area contributed by atoms with Gasteiger partial charge in [0.2, 0.25) is 5.91 Å². The summed E-state index contributed by atoms with van der Waals surface area (Å²) < 4.78 is 1.74. The number of pyridine rings is 1. The van der Waals surface area contributed by atoms with Crippen molar-refractivity contribution in [3.8, 4) is 11.1 Å². The lowest BCUT2D eigenvalue weighted by Crippen LogP contribution is -2.08. The number of aromatic nitrogens is 3. The number of aryl methyl sites for hydroxylation is 2. The van der Waals surface area contributed by atoms with Crippen LogP contribution in [0, 0.1) is 0 Å². The predicted molar refractivity (Wildman–Crippen MR) is 104 cm³/mol. The molecule has 1 aromatic carbocycles. The molecule has 1 aliphatic rings. The molecular formula is C21H20N4O2. The van der Waals surface area contributed by atoms with Gasteiger partial charge in [-0.15, -0.1) is 0 Å². The van der Waals surface area contributed by atoms with Gasteiger partial charge in [-0.2, -0.15) is 5.10 Å². The van der Waals surface area contributed by atoms with Crippen LogP contribution in [0.1, 0.15) is 29.2 Å². The van der Waals surface area contributed by atoms with Gasteiger partial charge in [0.05, 0.1) is 12.3 Å². The Morgan fingerprint density at radius 2 is 2.22 bits per heavy atom. The van der Waals surface area contributed by atoms with Crippen molar-refractivity contribution in [2.75, 3.05) is 5.32 Å². The number of rotatable bonds is 4. The van der Waals surface area contributed by atoms with Crippen LogP contribution in [0.2, 0.25) is 0 Å². The van der Waals surface area contributed by atoms with Crippen LogP contribution in [-0.4, -0.2) is 25.8 Å². The number of fused-ring (bicyclic) bond motifs is 1. The average molecular weight is 360 g/mol. The van der Waals surface area contributed by atoms with E-state index in [9.17, 15) is 9.90 Å². The number of hydrogen-bond acceptors (Lipinski definition) is 4. The molecule has 0 spiro atoms. The molecule has 0 aliphatic heterocycles. The highest BCUT2D eigenvalue weighted by molar-refractivity contribution is 6.02. The summed E-state index contributed by atoms with van der Waals surface area (Å²) in [4.78, 5) is 16.5. The zero-order chi connectivity index (χ0) is 18.8. The van der Waals surface area contributed by atoms with Crippen molar-refractivity contribution >= 4 is 17.7 Å². The van der Waals surface area contributed by atoms with Crippen molar-refractivity contribution in [3.05, 3.63) is 71.8 Å². The van der Waals surface area contributed by atoms with E-state index in [0.29, 0.717) is 0 Å². The zero-order valence-corrected chi connectivity index (χ0v) is 15.0. The average Bonchev–Trinajstić information content (AvgIpc) is 3.26. The molecule has 1 amide bonds. The van der Waals surface area contributed by atoms with Crippen LogP contribution in [0.3, 0.4) is 0 Å². The number of carbonyl (C=O) groups excluding carboxylic acids is 1. The molecule has 1 atom stereocenters. The fourth-order valence-corrected chi connectivity index (χ4v) is 3.38. The molecule has 0 radical (unpaired) electrons. The smallest absolute Gasteiger partial charge is 0.248 e. The van der Waals surface area contributed by atoms with Crippen molar-refractivity contribution in [2.24, 2.45) is 7.05 Å². The lowest BCUT2D eigenvalue weighted by atomic mass is 10.0. The third-order valence-electron chi connectivity index (χ3n) is 4.74. The number of carbonyl (C=O) groups is 1. The number of benzene rings is 1. The van der Waals surface area contributed by atoms with E-state index in [0.717, 1.165) is 46.3 Å². The SMILES string of the molecule is Cn1cc(-c2ccncc2/C=C/C(=O)Nc2ccc3c(c2)CCC3O)cn1. The van der Waals surface area contributed by atoms with Crippen LogP contribution in [-0.2, 0) is 18.3 Å². The Morgan fingerprint density at radius 3 is 3.04 bits per heavy atom. The second-order valence-electron chi connectivity index (χ2n) is 6.66. The number of aliphatic hydroxyl groups excluding tert-OH is 1. The number of amides is 1. The minimum atomic E-state index is -0.388. The monoisotopic (exact) mass is 360 g/mol. The van der Waals surface area contributed by atoms with Crippen molar-refractivity contribution < 1.29 is 9.90 Å². The quantitative estimate of drug-likeness (QED) is 0.701. The Labute approximate surface area is 157 Å². The summed E-state index contributed by atoms with van der Waals surface area (Å²) in [7, 11) is 1.86. The molecule has 1 aliphatic carbocycles. The first-order chi connectivity index (χ1) is 13.1. The van der Waals surface area contributed by atoms with Crippen molar-refractivity contribution in [1.82, 2.24) is 14.8 Å². The van der Waals surface area contributed by atoms with Gasteiger partial charge in [-0.05, 0) is 53.8 Å². The van der Waals surface area contributed by atoms with Gasteiger partial charge in [-0.3, -0.25) is 14.5 Å². The first-order valence-corrected chi connectivity index (χ1v) is 8.83. The Bertz CT molecular complexity index is 1020. The van der Waals surface area contributed by atoms with Crippen LogP contribution in [0.4, 0.5) is 5.69 Å². The van der Waals surface area contributed by atoms with Crippen LogP contribution in [0.15, 0.2) is 55.1 Å². The summed E-state index contributed by atoms with van der Waals surface area (Å²) >= 11 is 0. The normalized spacial score (nSPS) is 15.9.